The zero-order valence-electron chi connectivity index (χ0n) is 23.7. The summed E-state index contributed by atoms with van der Waals surface area (Å²) < 4.78 is 106. The molecule has 44 heavy (non-hydrogen) atoms. The zero-order chi connectivity index (χ0) is 32.2. The minimum atomic E-state index is -4.82. The molecule has 3 aromatic rings. The fourth-order valence-electron chi connectivity index (χ4n) is 4.71. The van der Waals surface area contributed by atoms with E-state index in [-0.39, 0.29) is 70.4 Å². The normalized spacial score (nSPS) is 18.1. The Hall–Kier alpha value is -3.22. The van der Waals surface area contributed by atoms with Gasteiger partial charge < -0.3 is 19.2 Å². The summed E-state index contributed by atoms with van der Waals surface area (Å²) >= 11 is 0.903. The van der Waals surface area contributed by atoms with E-state index in [1.165, 1.54) is 24.8 Å². The minimum Gasteiger partial charge on any atom is -0.493 e. The lowest BCUT2D eigenvalue weighted by Crippen LogP contribution is -2.43. The van der Waals surface area contributed by atoms with Crippen LogP contribution in [0.25, 0.3) is 21.3 Å². The fraction of sp³-hybridized carbons (Fsp3) is 0.538. The van der Waals surface area contributed by atoms with Crippen molar-refractivity contribution in [1.82, 2.24) is 24.8 Å². The molecule has 0 aliphatic carbocycles. The van der Waals surface area contributed by atoms with E-state index in [9.17, 15) is 40.3 Å². The van der Waals surface area contributed by atoms with Gasteiger partial charge in [-0.15, -0.1) is 21.5 Å². The summed E-state index contributed by atoms with van der Waals surface area (Å²) in [6, 6.07) is 0.0641. The van der Waals surface area contributed by atoms with E-state index >= 15 is 0 Å². The second-order valence-corrected chi connectivity index (χ2v) is 13.8. The van der Waals surface area contributed by atoms with Crippen LogP contribution in [0.1, 0.15) is 62.0 Å². The molecule has 5 rings (SSSR count). The number of hydrogen-bond donors (Lipinski definition) is 2. The Morgan fingerprint density at radius 2 is 1.86 bits per heavy atom. The molecule has 1 aromatic carbocycles. The molecule has 2 N–H and O–H groups in total. The van der Waals surface area contributed by atoms with Crippen molar-refractivity contribution in [2.75, 3.05) is 19.7 Å². The van der Waals surface area contributed by atoms with E-state index in [0.717, 1.165) is 17.4 Å². The van der Waals surface area contributed by atoms with Gasteiger partial charge in [0.05, 0.1) is 16.4 Å². The van der Waals surface area contributed by atoms with Gasteiger partial charge in [-0.3, -0.25) is 4.79 Å². The molecular formula is C26H28F5N5O6S2. The molecule has 11 nitrogen and oxygen atoms in total. The highest BCUT2D eigenvalue weighted by Gasteiger charge is 2.41. The third-order valence-electron chi connectivity index (χ3n) is 7.14. The number of rotatable bonds is 7. The van der Waals surface area contributed by atoms with E-state index < -0.39 is 57.4 Å². The van der Waals surface area contributed by atoms with E-state index in [1.807, 2.05) is 0 Å². The second-order valence-electron chi connectivity index (χ2n) is 11.1. The predicted molar refractivity (Wildman–Crippen MR) is 146 cm³/mol. The van der Waals surface area contributed by atoms with Crippen LogP contribution >= 0.6 is 11.3 Å². The van der Waals surface area contributed by atoms with Crippen molar-refractivity contribution in [1.29, 1.82) is 0 Å². The number of sulfonamides is 1. The number of piperidine rings is 1. The molecule has 240 valence electrons. The summed E-state index contributed by atoms with van der Waals surface area (Å²) in [5.74, 6) is -3.84. The molecule has 0 bridgehead atoms. The fourth-order valence-corrected chi connectivity index (χ4v) is 7.20. The standard InChI is InChI=1S/C26H28F5N5O6S2/c1-13(26(29,30)31)35-44(39,40)16-7-6-15(18-14(16)5-4-12-41-18)19-17(22(37)36-10-8-25(27,28)9-11-36)32-21(43-19)20-33-34-23(42-20)24(2,3)38/h6-7,13,35,38H,4-5,8-12H2,1-3H3/t13-/m0/s1. The Morgan fingerprint density at radius 3 is 2.48 bits per heavy atom. The Labute approximate surface area is 252 Å². The summed E-state index contributed by atoms with van der Waals surface area (Å²) in [5, 5.41) is 18.0. The third kappa shape index (κ3) is 6.43. The lowest BCUT2D eigenvalue weighted by atomic mass is 10.00. The maximum Gasteiger partial charge on any atom is 0.404 e. The van der Waals surface area contributed by atoms with Crippen molar-refractivity contribution in [3.05, 3.63) is 29.3 Å². The Bertz CT molecular complexity index is 1670. The summed E-state index contributed by atoms with van der Waals surface area (Å²) in [6.45, 7) is 3.20. The summed E-state index contributed by atoms with van der Waals surface area (Å²) in [4.78, 5) is 19.1. The van der Waals surface area contributed by atoms with Gasteiger partial charge in [-0.25, -0.2) is 22.2 Å². The number of halogens is 5. The van der Waals surface area contributed by atoms with Gasteiger partial charge in [-0.2, -0.15) is 17.9 Å². The smallest absolute Gasteiger partial charge is 0.404 e. The topological polar surface area (TPSA) is 148 Å². The number of hydrogen-bond acceptors (Lipinski definition) is 10. The molecule has 2 aliphatic rings. The highest BCUT2D eigenvalue weighted by Crippen LogP contribution is 2.45. The first-order valence-corrected chi connectivity index (χ1v) is 15.8. The van der Waals surface area contributed by atoms with Crippen molar-refractivity contribution in [2.24, 2.45) is 0 Å². The van der Waals surface area contributed by atoms with Crippen LogP contribution in [-0.2, 0) is 22.0 Å². The van der Waals surface area contributed by atoms with Crippen LogP contribution in [0.3, 0.4) is 0 Å². The van der Waals surface area contributed by atoms with E-state index in [0.29, 0.717) is 13.3 Å². The number of thiazole rings is 1. The molecule has 4 heterocycles. The Morgan fingerprint density at radius 1 is 1.18 bits per heavy atom. The van der Waals surface area contributed by atoms with Crippen LogP contribution in [0.2, 0.25) is 0 Å². The number of carbonyl (C=O) groups excluding carboxylic acids is 1. The monoisotopic (exact) mass is 665 g/mol. The van der Waals surface area contributed by atoms with Gasteiger partial charge in [0.1, 0.15) is 23.1 Å². The molecule has 1 saturated heterocycles. The lowest BCUT2D eigenvalue weighted by molar-refractivity contribution is -0.147. The van der Waals surface area contributed by atoms with Gasteiger partial charge in [0.2, 0.25) is 15.9 Å². The van der Waals surface area contributed by atoms with Gasteiger partial charge in [0, 0.05) is 37.1 Å². The molecule has 2 aliphatic heterocycles. The molecule has 0 spiro atoms. The Kier molecular flexibility index (Phi) is 8.26. The van der Waals surface area contributed by atoms with Crippen LogP contribution in [0.5, 0.6) is 5.75 Å². The first-order valence-electron chi connectivity index (χ1n) is 13.5. The van der Waals surface area contributed by atoms with Gasteiger partial charge in [0.25, 0.3) is 17.7 Å². The summed E-state index contributed by atoms with van der Waals surface area (Å²) in [6.07, 6.45) is -5.39. The van der Waals surface area contributed by atoms with Gasteiger partial charge in [-0.05, 0) is 45.7 Å². The highest BCUT2D eigenvalue weighted by molar-refractivity contribution is 7.89. The predicted octanol–water partition coefficient (Wildman–Crippen LogP) is 4.51. The van der Waals surface area contributed by atoms with Crippen molar-refractivity contribution in [3.63, 3.8) is 0 Å². The number of carbonyl (C=O) groups is 1. The summed E-state index contributed by atoms with van der Waals surface area (Å²) in [5.41, 5.74) is -1.33. The van der Waals surface area contributed by atoms with Crippen LogP contribution < -0.4 is 9.46 Å². The number of likely N-dealkylation sites (tertiary alicyclic amines) is 1. The number of aliphatic hydroxyl groups is 1. The SMILES string of the molecule is C[C@H](NS(=O)(=O)c1ccc(-c2sc(-c3nnc(C(C)(C)O)o3)nc2C(=O)N2CCC(F)(F)CC2)c2c1CCCO2)C(F)(F)F. The largest absolute Gasteiger partial charge is 0.493 e. The average Bonchev–Trinajstić information content (AvgIpc) is 3.59. The molecule has 0 saturated carbocycles. The Balaban J connectivity index is 1.62. The molecule has 1 atom stereocenters. The summed E-state index contributed by atoms with van der Waals surface area (Å²) in [7, 11) is -4.65. The molecule has 0 unspecified atom stereocenters. The number of nitrogens with one attached hydrogen (secondary N) is 1. The van der Waals surface area contributed by atoms with Crippen LogP contribution in [0.15, 0.2) is 21.4 Å². The number of amides is 1. The molecule has 1 fully saturated rings. The van der Waals surface area contributed by atoms with Gasteiger partial charge >= 0.3 is 6.18 Å². The minimum absolute atomic E-state index is 0.0379. The number of alkyl halides is 5. The van der Waals surface area contributed by atoms with Crippen molar-refractivity contribution in [3.8, 4) is 27.1 Å². The van der Waals surface area contributed by atoms with Gasteiger partial charge in [-0.1, -0.05) is 0 Å². The van der Waals surface area contributed by atoms with Crippen LogP contribution in [-0.4, -0.2) is 77.3 Å². The van der Waals surface area contributed by atoms with Crippen LogP contribution in [0, 0.1) is 0 Å². The lowest BCUT2D eigenvalue weighted by Gasteiger charge is -2.31. The third-order valence-corrected chi connectivity index (χ3v) is 9.84. The molecule has 18 heteroatoms. The number of fused-ring (bicyclic) bond motifs is 1. The van der Waals surface area contributed by atoms with E-state index in [4.69, 9.17) is 9.15 Å². The average molecular weight is 666 g/mol. The quantitative estimate of drug-likeness (QED) is 0.348. The number of aromatic nitrogens is 3. The second kappa shape index (κ2) is 11.3. The maximum atomic E-state index is 13.8. The molecular weight excluding hydrogens is 637 g/mol. The first-order chi connectivity index (χ1) is 20.4. The van der Waals surface area contributed by atoms with E-state index in [1.54, 1.807) is 4.72 Å². The maximum absolute atomic E-state index is 13.8. The van der Waals surface area contributed by atoms with Gasteiger partial charge in [0.15, 0.2) is 5.01 Å². The highest BCUT2D eigenvalue weighted by atomic mass is 32.2. The molecule has 2 aromatic heterocycles. The molecule has 1 amide bonds. The van der Waals surface area contributed by atoms with Crippen LogP contribution in [0.4, 0.5) is 22.0 Å². The van der Waals surface area contributed by atoms with Crippen molar-refractivity contribution >= 4 is 27.3 Å². The van der Waals surface area contributed by atoms with Crippen molar-refractivity contribution < 1.29 is 49.4 Å². The number of nitrogens with zero attached hydrogens (tertiary/aromatic N) is 4. The van der Waals surface area contributed by atoms with E-state index in [2.05, 4.69) is 15.2 Å². The number of benzene rings is 1. The zero-order valence-corrected chi connectivity index (χ0v) is 25.3. The first kappa shape index (κ1) is 32.2. The number of ether oxygens (including phenoxy) is 1. The molecule has 0 radical (unpaired) electrons. The van der Waals surface area contributed by atoms with Crippen molar-refractivity contribution in [2.45, 2.75) is 75.1 Å².